The predicted molar refractivity (Wildman–Crippen MR) is 100 cm³/mol. The van der Waals surface area contributed by atoms with Crippen molar-refractivity contribution in [1.29, 1.82) is 0 Å². The quantitative estimate of drug-likeness (QED) is 0.471. The number of aromatic nitrogens is 4. The average molecular weight is 416 g/mol. The monoisotopic (exact) mass is 416 g/mol. The van der Waals surface area contributed by atoms with E-state index in [1.54, 1.807) is 0 Å². The van der Waals surface area contributed by atoms with E-state index in [0.29, 0.717) is 5.56 Å². The van der Waals surface area contributed by atoms with Gasteiger partial charge in [-0.25, -0.2) is 0 Å². The molecule has 11 heteroatoms. The third-order valence-corrected chi connectivity index (χ3v) is 3.95. The Labute approximate surface area is 168 Å². The van der Waals surface area contributed by atoms with Gasteiger partial charge in [-0.2, -0.15) is 18.3 Å². The predicted octanol–water partition coefficient (Wildman–Crippen LogP) is 2.40. The van der Waals surface area contributed by atoms with Gasteiger partial charge in [0.15, 0.2) is 5.78 Å². The van der Waals surface area contributed by atoms with Crippen molar-refractivity contribution in [3.8, 4) is 0 Å². The Balaban J connectivity index is 1.68. The van der Waals surface area contributed by atoms with Crippen LogP contribution in [-0.2, 0) is 17.5 Å². The Hall–Kier alpha value is -4.02. The lowest BCUT2D eigenvalue weighted by Crippen LogP contribution is -2.21. The number of carbonyl (C=O) groups is 2. The number of halogens is 3. The number of alkyl halides is 3. The maximum atomic E-state index is 13.1. The molecule has 0 bridgehead atoms. The Morgan fingerprint density at radius 1 is 1.10 bits per heavy atom. The van der Waals surface area contributed by atoms with E-state index in [1.165, 1.54) is 41.6 Å². The molecule has 0 radical (unpaired) electrons. The van der Waals surface area contributed by atoms with E-state index in [0.717, 1.165) is 24.5 Å². The van der Waals surface area contributed by atoms with E-state index >= 15 is 0 Å². The minimum Gasteiger partial charge on any atom is -0.394 e. The molecule has 3 rings (SSSR count). The molecule has 0 saturated heterocycles. The van der Waals surface area contributed by atoms with Crippen LogP contribution in [0.1, 0.15) is 21.5 Å². The summed E-state index contributed by atoms with van der Waals surface area (Å²) >= 11 is 0. The van der Waals surface area contributed by atoms with Crippen LogP contribution in [0, 0.1) is 0 Å². The van der Waals surface area contributed by atoms with Gasteiger partial charge >= 0.3 is 6.18 Å². The minimum absolute atomic E-state index is 0.0756. The second kappa shape index (κ2) is 8.55. The van der Waals surface area contributed by atoms with Gasteiger partial charge in [-0.15, -0.1) is 0 Å². The van der Waals surface area contributed by atoms with E-state index in [1.807, 2.05) is 0 Å². The van der Waals surface area contributed by atoms with Gasteiger partial charge in [0.1, 0.15) is 5.70 Å². The summed E-state index contributed by atoms with van der Waals surface area (Å²) in [5, 5.41) is 6.36. The molecule has 3 N–H and O–H groups in total. The summed E-state index contributed by atoms with van der Waals surface area (Å²) in [5.74, 6) is -1.23. The van der Waals surface area contributed by atoms with Crippen LogP contribution >= 0.6 is 0 Å². The second-order valence-electron chi connectivity index (χ2n) is 6.11. The van der Waals surface area contributed by atoms with Gasteiger partial charge in [0.2, 0.25) is 0 Å². The molecular formula is C19H15F3N6O2. The zero-order valence-electron chi connectivity index (χ0n) is 15.3. The summed E-state index contributed by atoms with van der Waals surface area (Å²) in [4.78, 5) is 31.7. The first-order valence-corrected chi connectivity index (χ1v) is 8.49. The van der Waals surface area contributed by atoms with Crippen molar-refractivity contribution < 1.29 is 22.8 Å². The number of anilines is 1. The Morgan fingerprint density at radius 2 is 1.80 bits per heavy atom. The van der Waals surface area contributed by atoms with E-state index in [4.69, 9.17) is 5.73 Å². The highest BCUT2D eigenvalue weighted by molar-refractivity contribution is 6.11. The van der Waals surface area contributed by atoms with E-state index < -0.39 is 23.4 Å². The lowest BCUT2D eigenvalue weighted by Gasteiger charge is -2.11. The molecule has 1 amide bonds. The van der Waals surface area contributed by atoms with Crippen molar-refractivity contribution in [3.05, 3.63) is 83.8 Å². The van der Waals surface area contributed by atoms with Gasteiger partial charge in [-0.3, -0.25) is 24.2 Å². The number of nitrogens with zero attached hydrogens (tertiary/aromatic N) is 4. The van der Waals surface area contributed by atoms with E-state index in [-0.39, 0.29) is 23.5 Å². The van der Waals surface area contributed by atoms with Gasteiger partial charge in [-0.1, -0.05) is 0 Å². The number of pyridine rings is 2. The lowest BCUT2D eigenvalue weighted by atomic mass is 10.1. The van der Waals surface area contributed by atoms with Crippen LogP contribution in [0.4, 0.5) is 18.9 Å². The van der Waals surface area contributed by atoms with Crippen LogP contribution in [0.2, 0.25) is 0 Å². The van der Waals surface area contributed by atoms with Crippen LogP contribution in [0.3, 0.4) is 0 Å². The number of ketones is 1. The molecule has 3 heterocycles. The van der Waals surface area contributed by atoms with Crippen molar-refractivity contribution >= 4 is 17.4 Å². The molecule has 3 aromatic rings. The molecule has 8 nitrogen and oxygen atoms in total. The normalized spacial score (nSPS) is 11.9. The van der Waals surface area contributed by atoms with Crippen molar-refractivity contribution in [2.45, 2.75) is 12.7 Å². The first kappa shape index (κ1) is 20.7. The number of hydrogen-bond acceptors (Lipinski definition) is 6. The number of rotatable bonds is 6. The van der Waals surface area contributed by atoms with Crippen molar-refractivity contribution in [2.24, 2.45) is 5.73 Å². The maximum Gasteiger partial charge on any atom is 0.416 e. The zero-order valence-corrected chi connectivity index (χ0v) is 15.3. The lowest BCUT2D eigenvalue weighted by molar-refractivity contribution is -0.138. The molecule has 0 aliphatic heterocycles. The van der Waals surface area contributed by atoms with Crippen molar-refractivity contribution in [2.75, 3.05) is 5.32 Å². The molecule has 30 heavy (non-hydrogen) atoms. The summed E-state index contributed by atoms with van der Waals surface area (Å²) in [6.45, 7) is -0.204. The van der Waals surface area contributed by atoms with Crippen molar-refractivity contribution in [3.63, 3.8) is 0 Å². The number of nitrogens with two attached hydrogens (primary N) is 1. The largest absolute Gasteiger partial charge is 0.416 e. The second-order valence-corrected chi connectivity index (χ2v) is 6.11. The SMILES string of the molecule is NC(=CC(=O)c1ccncc1)C(=O)Nc1cnn(Cc2cnccc2C(F)(F)F)c1. The highest BCUT2D eigenvalue weighted by Crippen LogP contribution is 2.31. The number of hydrogen-bond donors (Lipinski definition) is 2. The summed E-state index contributed by atoms with van der Waals surface area (Å²) in [6.07, 6.45) is 4.06. The average Bonchev–Trinajstić information content (AvgIpc) is 3.14. The smallest absolute Gasteiger partial charge is 0.394 e. The molecule has 0 atom stereocenters. The van der Waals surface area contributed by atoms with Crippen molar-refractivity contribution in [1.82, 2.24) is 19.7 Å². The van der Waals surface area contributed by atoms with Gasteiger partial charge in [0, 0.05) is 48.2 Å². The Bertz CT molecular complexity index is 1090. The first-order chi connectivity index (χ1) is 14.2. The number of nitrogens with one attached hydrogen (secondary N) is 1. The molecule has 154 valence electrons. The molecule has 0 fully saturated rings. The third kappa shape index (κ3) is 5.07. The van der Waals surface area contributed by atoms with Crippen LogP contribution < -0.4 is 11.1 Å². The maximum absolute atomic E-state index is 13.1. The van der Waals surface area contributed by atoms with Crippen LogP contribution in [0.5, 0.6) is 0 Å². The zero-order chi connectivity index (χ0) is 21.7. The molecular weight excluding hydrogens is 401 g/mol. The van der Waals surface area contributed by atoms with Crippen LogP contribution in [-0.4, -0.2) is 31.4 Å². The molecule has 0 aromatic carbocycles. The van der Waals surface area contributed by atoms with E-state index in [2.05, 4.69) is 20.4 Å². The number of amides is 1. The highest BCUT2D eigenvalue weighted by Gasteiger charge is 2.33. The van der Waals surface area contributed by atoms with Gasteiger partial charge in [-0.05, 0) is 18.2 Å². The summed E-state index contributed by atoms with van der Waals surface area (Å²) in [5.41, 5.74) is 4.93. The molecule has 3 aromatic heterocycles. The summed E-state index contributed by atoms with van der Waals surface area (Å²) in [7, 11) is 0. The number of allylic oxidation sites excluding steroid dienone is 1. The Morgan fingerprint density at radius 3 is 2.50 bits per heavy atom. The molecule has 0 unspecified atom stereocenters. The van der Waals surface area contributed by atoms with Crippen LogP contribution in [0.15, 0.2) is 67.2 Å². The van der Waals surface area contributed by atoms with Gasteiger partial charge in [0.25, 0.3) is 5.91 Å². The van der Waals surface area contributed by atoms with Gasteiger partial charge < -0.3 is 11.1 Å². The highest BCUT2D eigenvalue weighted by atomic mass is 19.4. The summed E-state index contributed by atoms with van der Waals surface area (Å²) < 4.78 is 40.4. The molecule has 0 aliphatic carbocycles. The summed E-state index contributed by atoms with van der Waals surface area (Å²) in [6, 6.07) is 3.83. The molecule has 0 saturated carbocycles. The Kier molecular flexibility index (Phi) is 5.90. The fourth-order valence-electron chi connectivity index (χ4n) is 2.53. The topological polar surface area (TPSA) is 116 Å². The fraction of sp³-hybridized carbons (Fsp3) is 0.105. The fourth-order valence-corrected chi connectivity index (χ4v) is 2.53. The minimum atomic E-state index is -4.52. The van der Waals surface area contributed by atoms with Gasteiger partial charge in [0.05, 0.1) is 24.0 Å². The first-order valence-electron chi connectivity index (χ1n) is 8.49. The molecule has 0 aliphatic rings. The molecule has 0 spiro atoms. The number of carbonyl (C=O) groups excluding carboxylic acids is 2. The third-order valence-electron chi connectivity index (χ3n) is 3.95. The standard InChI is InChI=1S/C19H15F3N6O2/c20-19(21,22)15-3-6-25-8-13(15)10-28-11-14(9-26-28)27-18(30)16(23)7-17(29)12-1-4-24-5-2-12/h1-9,11H,10,23H2,(H,27,30). The van der Waals surface area contributed by atoms with Crippen LogP contribution in [0.25, 0.3) is 0 Å². The van der Waals surface area contributed by atoms with E-state index in [9.17, 15) is 22.8 Å².